The van der Waals surface area contributed by atoms with Gasteiger partial charge >= 0.3 is 5.97 Å². The molecule has 0 aliphatic carbocycles. The predicted octanol–water partition coefficient (Wildman–Crippen LogP) is 6.54. The van der Waals surface area contributed by atoms with Gasteiger partial charge in [0.05, 0.1) is 12.9 Å². The fourth-order valence-corrected chi connectivity index (χ4v) is 4.37. The number of aliphatic carboxylic acids is 1. The van der Waals surface area contributed by atoms with Crippen molar-refractivity contribution in [3.8, 4) is 0 Å². The SMILES string of the molecule is CCCCCCCCCCCCCCCCCCC(O)(CCC(=O)O)N1C=NCC1. The van der Waals surface area contributed by atoms with Crippen LogP contribution in [0.4, 0.5) is 0 Å². The van der Waals surface area contributed by atoms with Crippen LogP contribution < -0.4 is 0 Å². The van der Waals surface area contributed by atoms with E-state index in [4.69, 9.17) is 5.11 Å². The fourth-order valence-electron chi connectivity index (χ4n) is 4.37. The summed E-state index contributed by atoms with van der Waals surface area (Å²) in [6, 6.07) is 0. The van der Waals surface area contributed by atoms with Gasteiger partial charge in [0.1, 0.15) is 5.72 Å². The summed E-state index contributed by atoms with van der Waals surface area (Å²) < 4.78 is 0. The van der Waals surface area contributed by atoms with Crippen LogP contribution in [0.25, 0.3) is 0 Å². The van der Waals surface area contributed by atoms with Crippen LogP contribution in [-0.2, 0) is 4.79 Å². The van der Waals surface area contributed by atoms with Gasteiger partial charge in [-0.2, -0.15) is 0 Å². The Morgan fingerprint density at radius 3 is 1.70 bits per heavy atom. The van der Waals surface area contributed by atoms with Crippen LogP contribution in [-0.4, -0.2) is 46.2 Å². The first-order valence-corrected chi connectivity index (χ1v) is 12.8. The van der Waals surface area contributed by atoms with E-state index in [0.29, 0.717) is 19.5 Å². The lowest BCUT2D eigenvalue weighted by atomic mass is 9.97. The lowest BCUT2D eigenvalue weighted by molar-refractivity contribution is -0.141. The van der Waals surface area contributed by atoms with Crippen LogP contribution >= 0.6 is 0 Å². The zero-order chi connectivity index (χ0) is 21.9. The molecule has 0 aromatic heterocycles. The Balaban J connectivity index is 1.95. The van der Waals surface area contributed by atoms with Gasteiger partial charge in [0.15, 0.2) is 0 Å². The Bertz CT molecular complexity index is 456. The zero-order valence-corrected chi connectivity index (χ0v) is 19.6. The highest BCUT2D eigenvalue weighted by molar-refractivity contribution is 5.67. The van der Waals surface area contributed by atoms with Crippen LogP contribution in [0, 0.1) is 0 Å². The summed E-state index contributed by atoms with van der Waals surface area (Å²) in [5.41, 5.74) is -1.05. The van der Waals surface area contributed by atoms with Crippen molar-refractivity contribution in [3.63, 3.8) is 0 Å². The topological polar surface area (TPSA) is 73.1 Å². The first-order valence-electron chi connectivity index (χ1n) is 12.8. The number of hydrogen-bond acceptors (Lipinski definition) is 4. The molecule has 176 valence electrons. The van der Waals surface area contributed by atoms with Crippen molar-refractivity contribution in [1.29, 1.82) is 0 Å². The number of hydrogen-bond donors (Lipinski definition) is 2. The summed E-state index contributed by atoms with van der Waals surface area (Å²) >= 11 is 0. The molecule has 5 nitrogen and oxygen atoms in total. The number of carbonyl (C=O) groups is 1. The van der Waals surface area contributed by atoms with Crippen LogP contribution in [0.15, 0.2) is 4.99 Å². The minimum absolute atomic E-state index is 0.000300. The monoisotopic (exact) mass is 424 g/mol. The standard InChI is InChI=1S/C25H48N2O3/c1-2-3-4-5-6-7-8-9-10-11-12-13-14-15-16-17-19-25(30,20-18-24(28)29)27-22-21-26-23-27/h23,30H,2-22H2,1H3,(H,28,29). The number of unbranched alkanes of at least 4 members (excludes halogenated alkanes) is 15. The molecule has 0 fully saturated rings. The highest BCUT2D eigenvalue weighted by Gasteiger charge is 2.33. The Morgan fingerprint density at radius 2 is 1.30 bits per heavy atom. The van der Waals surface area contributed by atoms with E-state index in [0.717, 1.165) is 12.8 Å². The maximum Gasteiger partial charge on any atom is 0.303 e. The fraction of sp³-hybridized carbons (Fsp3) is 0.920. The summed E-state index contributed by atoms with van der Waals surface area (Å²) in [6.07, 6.45) is 23.8. The maximum absolute atomic E-state index is 10.9. The second kappa shape index (κ2) is 17.6. The summed E-state index contributed by atoms with van der Waals surface area (Å²) in [7, 11) is 0. The molecule has 1 atom stereocenters. The van der Waals surface area contributed by atoms with Crippen molar-refractivity contribution in [2.75, 3.05) is 13.1 Å². The molecule has 0 bridgehead atoms. The van der Waals surface area contributed by atoms with Gasteiger partial charge in [0, 0.05) is 19.4 Å². The van der Waals surface area contributed by atoms with E-state index in [-0.39, 0.29) is 12.8 Å². The largest absolute Gasteiger partial charge is 0.481 e. The maximum atomic E-state index is 10.9. The van der Waals surface area contributed by atoms with E-state index in [1.807, 2.05) is 4.90 Å². The van der Waals surface area contributed by atoms with Crippen molar-refractivity contribution >= 4 is 12.3 Å². The van der Waals surface area contributed by atoms with Crippen molar-refractivity contribution in [3.05, 3.63) is 0 Å². The van der Waals surface area contributed by atoms with Crippen LogP contribution in [0.5, 0.6) is 0 Å². The molecule has 0 amide bonds. The summed E-state index contributed by atoms with van der Waals surface area (Å²) in [6.45, 7) is 3.65. The van der Waals surface area contributed by atoms with E-state index in [2.05, 4.69) is 11.9 Å². The molecular formula is C25H48N2O3. The van der Waals surface area contributed by atoms with Gasteiger partial charge in [-0.25, -0.2) is 0 Å². The lowest BCUT2D eigenvalue weighted by Crippen LogP contribution is -2.47. The van der Waals surface area contributed by atoms with E-state index in [1.54, 1.807) is 6.34 Å². The quantitative estimate of drug-likeness (QED) is 0.205. The average Bonchev–Trinajstić information content (AvgIpc) is 3.28. The Hall–Kier alpha value is -1.10. The summed E-state index contributed by atoms with van der Waals surface area (Å²) in [5.74, 6) is -0.850. The predicted molar refractivity (Wildman–Crippen MR) is 126 cm³/mol. The minimum Gasteiger partial charge on any atom is -0.481 e. The minimum atomic E-state index is -1.05. The second-order valence-electron chi connectivity index (χ2n) is 9.14. The molecule has 0 saturated carbocycles. The number of carboxylic acids is 1. The molecule has 0 saturated heterocycles. The highest BCUT2D eigenvalue weighted by atomic mass is 16.4. The third-order valence-electron chi connectivity index (χ3n) is 6.40. The summed E-state index contributed by atoms with van der Waals surface area (Å²) in [4.78, 5) is 16.9. The normalized spacial score (nSPS) is 15.6. The number of nitrogens with zero attached hydrogens (tertiary/aromatic N) is 2. The number of carboxylic acid groups (broad SMARTS) is 1. The van der Waals surface area contributed by atoms with Crippen molar-refractivity contribution in [1.82, 2.24) is 4.90 Å². The van der Waals surface area contributed by atoms with Crippen molar-refractivity contribution in [2.24, 2.45) is 4.99 Å². The first kappa shape index (κ1) is 26.9. The third-order valence-corrected chi connectivity index (χ3v) is 6.40. The van der Waals surface area contributed by atoms with Gasteiger partial charge in [-0.3, -0.25) is 9.79 Å². The zero-order valence-electron chi connectivity index (χ0n) is 19.6. The third kappa shape index (κ3) is 13.3. The molecule has 0 aromatic carbocycles. The molecule has 1 rings (SSSR count). The van der Waals surface area contributed by atoms with Gasteiger partial charge in [0.25, 0.3) is 0 Å². The summed E-state index contributed by atoms with van der Waals surface area (Å²) in [5, 5.41) is 19.9. The van der Waals surface area contributed by atoms with Crippen LogP contribution in [0.1, 0.15) is 129 Å². The number of aliphatic hydroxyl groups is 1. The van der Waals surface area contributed by atoms with Crippen LogP contribution in [0.2, 0.25) is 0 Å². The lowest BCUT2D eigenvalue weighted by Gasteiger charge is -2.36. The molecule has 0 spiro atoms. The molecule has 0 radical (unpaired) electrons. The first-order chi connectivity index (χ1) is 14.6. The molecule has 1 unspecified atom stereocenters. The average molecular weight is 425 g/mol. The van der Waals surface area contributed by atoms with Gasteiger partial charge in [-0.05, 0) is 12.8 Å². The van der Waals surface area contributed by atoms with Crippen molar-refractivity contribution < 1.29 is 15.0 Å². The number of rotatable bonds is 21. The highest BCUT2D eigenvalue weighted by Crippen LogP contribution is 2.26. The number of aliphatic imine (C=N–C) groups is 1. The van der Waals surface area contributed by atoms with Gasteiger partial charge in [0.2, 0.25) is 0 Å². The van der Waals surface area contributed by atoms with Gasteiger partial charge < -0.3 is 15.1 Å². The molecule has 1 aliphatic heterocycles. The molecule has 1 heterocycles. The molecule has 1 aliphatic rings. The van der Waals surface area contributed by atoms with E-state index in [9.17, 15) is 9.90 Å². The molecule has 0 aromatic rings. The molecular weight excluding hydrogens is 376 g/mol. The molecule has 2 N–H and O–H groups in total. The Kier molecular flexibility index (Phi) is 15.8. The van der Waals surface area contributed by atoms with Gasteiger partial charge in [-0.1, -0.05) is 103 Å². The Labute approximate surface area is 185 Å². The Morgan fingerprint density at radius 1 is 0.833 bits per heavy atom. The van der Waals surface area contributed by atoms with E-state index >= 15 is 0 Å². The van der Waals surface area contributed by atoms with Gasteiger partial charge in [-0.15, -0.1) is 0 Å². The second-order valence-corrected chi connectivity index (χ2v) is 9.14. The van der Waals surface area contributed by atoms with E-state index < -0.39 is 11.7 Å². The van der Waals surface area contributed by atoms with Crippen LogP contribution in [0.3, 0.4) is 0 Å². The molecule has 5 heteroatoms. The van der Waals surface area contributed by atoms with Crippen molar-refractivity contribution in [2.45, 2.75) is 135 Å². The van der Waals surface area contributed by atoms with E-state index in [1.165, 1.54) is 89.9 Å². The smallest absolute Gasteiger partial charge is 0.303 e. The molecule has 30 heavy (non-hydrogen) atoms.